The van der Waals surface area contributed by atoms with E-state index in [0.717, 1.165) is 22.3 Å². The molecule has 180 valence electrons. The fraction of sp³-hybridized carbons (Fsp3) is 0.250. The summed E-state index contributed by atoms with van der Waals surface area (Å²) in [6, 6.07) is 31.2. The molecule has 0 N–H and O–H groups in total. The second-order valence-corrected chi connectivity index (χ2v) is 13.2. The molecule has 0 aliphatic rings. The van der Waals surface area contributed by atoms with Gasteiger partial charge in [-0.3, -0.25) is 0 Å². The number of benzene rings is 4. The molecule has 4 aromatic rings. The van der Waals surface area contributed by atoms with Gasteiger partial charge in [-0.1, -0.05) is 114 Å². The molecule has 4 aromatic carbocycles. The molecule has 0 bridgehead atoms. The maximum absolute atomic E-state index is 13.2. The maximum Gasteiger partial charge on any atom is 0.206 e. The zero-order valence-corrected chi connectivity index (χ0v) is 22.3. The molecule has 0 amide bonds. The molecule has 0 spiro atoms. The van der Waals surface area contributed by atoms with Gasteiger partial charge >= 0.3 is 0 Å². The largest absolute Gasteiger partial charge is 0.219 e. The highest BCUT2D eigenvalue weighted by Gasteiger charge is 2.19. The Labute approximate surface area is 210 Å². The van der Waals surface area contributed by atoms with Gasteiger partial charge in [0.25, 0.3) is 0 Å². The lowest BCUT2D eigenvalue weighted by molar-refractivity contribution is 0.590. The highest BCUT2D eigenvalue weighted by Crippen LogP contribution is 2.30. The third-order valence-electron chi connectivity index (χ3n) is 6.50. The van der Waals surface area contributed by atoms with Gasteiger partial charge < -0.3 is 0 Å². The van der Waals surface area contributed by atoms with Crippen molar-refractivity contribution in [3.63, 3.8) is 0 Å². The standard InChI is InChI=1S/C32H34O2S/c1-31(2,3)27-15-7-23(8-16-27)25-11-19-29(20-12-25)35(33,34)30-21-13-26(14-22-30)24-9-17-28(18-10-24)32(4,5)6/h7-22H,1-6H3. The molecular formula is C32H34O2S. The Kier molecular flexibility index (Phi) is 6.50. The predicted molar refractivity (Wildman–Crippen MR) is 147 cm³/mol. The van der Waals surface area contributed by atoms with Crippen LogP contribution in [0.5, 0.6) is 0 Å². The molecule has 0 atom stereocenters. The number of sulfone groups is 1. The Balaban J connectivity index is 1.54. The van der Waals surface area contributed by atoms with Gasteiger partial charge in [0.15, 0.2) is 0 Å². The van der Waals surface area contributed by atoms with Crippen molar-refractivity contribution in [2.45, 2.75) is 62.2 Å². The lowest BCUT2D eigenvalue weighted by Gasteiger charge is -2.19. The van der Waals surface area contributed by atoms with E-state index in [1.165, 1.54) is 11.1 Å². The van der Waals surface area contributed by atoms with Gasteiger partial charge in [-0.15, -0.1) is 0 Å². The van der Waals surface area contributed by atoms with Crippen LogP contribution in [0.2, 0.25) is 0 Å². The summed E-state index contributed by atoms with van der Waals surface area (Å²) in [5, 5.41) is 0. The van der Waals surface area contributed by atoms with Crippen molar-refractivity contribution in [3.8, 4) is 22.3 Å². The molecule has 0 fully saturated rings. The molecule has 0 saturated carbocycles. The van der Waals surface area contributed by atoms with Crippen molar-refractivity contribution in [1.82, 2.24) is 0 Å². The summed E-state index contributed by atoms with van der Waals surface area (Å²) in [5.41, 5.74) is 6.89. The monoisotopic (exact) mass is 482 g/mol. The van der Waals surface area contributed by atoms with E-state index in [0.29, 0.717) is 9.79 Å². The third-order valence-corrected chi connectivity index (χ3v) is 8.28. The van der Waals surface area contributed by atoms with Gasteiger partial charge in [0, 0.05) is 0 Å². The molecule has 0 unspecified atom stereocenters. The van der Waals surface area contributed by atoms with Crippen molar-refractivity contribution < 1.29 is 8.42 Å². The van der Waals surface area contributed by atoms with Crippen molar-refractivity contribution in [2.75, 3.05) is 0 Å². The fourth-order valence-corrected chi connectivity index (χ4v) is 5.38. The molecule has 0 aliphatic carbocycles. The van der Waals surface area contributed by atoms with E-state index in [1.54, 1.807) is 24.3 Å². The van der Waals surface area contributed by atoms with Gasteiger partial charge in [-0.25, -0.2) is 8.42 Å². The van der Waals surface area contributed by atoms with Crippen LogP contribution >= 0.6 is 0 Å². The van der Waals surface area contributed by atoms with E-state index < -0.39 is 9.84 Å². The molecule has 0 aliphatic heterocycles. The first-order valence-electron chi connectivity index (χ1n) is 12.0. The highest BCUT2D eigenvalue weighted by atomic mass is 32.2. The molecule has 35 heavy (non-hydrogen) atoms. The van der Waals surface area contributed by atoms with Crippen LogP contribution in [0.15, 0.2) is 107 Å². The Hall–Kier alpha value is -3.17. The van der Waals surface area contributed by atoms with Crippen LogP contribution in [0.4, 0.5) is 0 Å². The summed E-state index contributed by atoms with van der Waals surface area (Å²) in [4.78, 5) is 0.602. The molecule has 0 saturated heterocycles. The van der Waals surface area contributed by atoms with E-state index in [1.807, 2.05) is 24.3 Å². The first-order valence-corrected chi connectivity index (χ1v) is 13.5. The second kappa shape index (κ2) is 9.13. The predicted octanol–water partition coefficient (Wildman–Crippen LogP) is 8.45. The first kappa shape index (κ1) is 24.9. The average Bonchev–Trinajstić information content (AvgIpc) is 2.83. The summed E-state index contributed by atoms with van der Waals surface area (Å²) in [6.45, 7) is 13.1. The van der Waals surface area contributed by atoms with E-state index in [2.05, 4.69) is 90.1 Å². The lowest BCUT2D eigenvalue weighted by atomic mass is 9.86. The second-order valence-electron chi connectivity index (χ2n) is 11.2. The molecule has 0 radical (unpaired) electrons. The van der Waals surface area contributed by atoms with Crippen LogP contribution in [0.25, 0.3) is 22.3 Å². The van der Waals surface area contributed by atoms with Crippen LogP contribution in [-0.4, -0.2) is 8.42 Å². The zero-order chi connectivity index (χ0) is 25.4. The summed E-state index contributed by atoms with van der Waals surface area (Å²) in [5.74, 6) is 0. The van der Waals surface area contributed by atoms with Crippen LogP contribution in [0.3, 0.4) is 0 Å². The van der Waals surface area contributed by atoms with Crippen molar-refractivity contribution >= 4 is 9.84 Å². The van der Waals surface area contributed by atoms with Crippen LogP contribution < -0.4 is 0 Å². The van der Waals surface area contributed by atoms with Crippen molar-refractivity contribution in [2.24, 2.45) is 0 Å². The zero-order valence-electron chi connectivity index (χ0n) is 21.5. The van der Waals surface area contributed by atoms with Gasteiger partial charge in [-0.05, 0) is 68.5 Å². The van der Waals surface area contributed by atoms with Gasteiger partial charge in [-0.2, -0.15) is 0 Å². The van der Waals surface area contributed by atoms with E-state index in [9.17, 15) is 8.42 Å². The third kappa shape index (κ3) is 5.41. The molecule has 3 heteroatoms. The molecule has 4 rings (SSSR count). The maximum atomic E-state index is 13.2. The normalized spacial score (nSPS) is 12.5. The Bertz CT molecular complexity index is 1290. The van der Waals surface area contributed by atoms with Crippen molar-refractivity contribution in [3.05, 3.63) is 108 Å². The quantitative estimate of drug-likeness (QED) is 0.292. The SMILES string of the molecule is CC(C)(C)c1ccc(-c2ccc(S(=O)(=O)c3ccc(-c4ccc(C(C)(C)C)cc4)cc3)cc2)cc1. The minimum atomic E-state index is -3.59. The summed E-state index contributed by atoms with van der Waals surface area (Å²) in [6.07, 6.45) is 0. The minimum absolute atomic E-state index is 0.0991. The Morgan fingerprint density at radius 2 is 0.629 bits per heavy atom. The molecule has 0 heterocycles. The molecule has 2 nitrogen and oxygen atoms in total. The average molecular weight is 483 g/mol. The topological polar surface area (TPSA) is 34.1 Å². The van der Waals surface area contributed by atoms with Crippen LogP contribution in [0, 0.1) is 0 Å². The lowest BCUT2D eigenvalue weighted by Crippen LogP contribution is -2.10. The van der Waals surface area contributed by atoms with Gasteiger partial charge in [0.05, 0.1) is 9.79 Å². The van der Waals surface area contributed by atoms with E-state index in [4.69, 9.17) is 0 Å². The van der Waals surface area contributed by atoms with Gasteiger partial charge in [0.1, 0.15) is 0 Å². The summed E-state index contributed by atoms with van der Waals surface area (Å²) < 4.78 is 26.5. The summed E-state index contributed by atoms with van der Waals surface area (Å²) in [7, 11) is -3.59. The van der Waals surface area contributed by atoms with Crippen LogP contribution in [0.1, 0.15) is 52.7 Å². The van der Waals surface area contributed by atoms with Crippen LogP contribution in [-0.2, 0) is 20.7 Å². The van der Waals surface area contributed by atoms with Gasteiger partial charge in [0.2, 0.25) is 9.84 Å². The highest BCUT2D eigenvalue weighted by molar-refractivity contribution is 7.91. The fourth-order valence-electron chi connectivity index (χ4n) is 4.11. The summed E-state index contributed by atoms with van der Waals surface area (Å²) >= 11 is 0. The first-order chi connectivity index (χ1) is 16.4. The van der Waals surface area contributed by atoms with E-state index in [-0.39, 0.29) is 10.8 Å². The Morgan fingerprint density at radius 1 is 0.400 bits per heavy atom. The molecular weight excluding hydrogens is 448 g/mol. The van der Waals surface area contributed by atoms with E-state index >= 15 is 0 Å². The number of rotatable bonds is 4. The number of hydrogen-bond donors (Lipinski definition) is 0. The Morgan fingerprint density at radius 3 is 0.857 bits per heavy atom. The smallest absolute Gasteiger partial charge is 0.206 e. The number of hydrogen-bond acceptors (Lipinski definition) is 2. The van der Waals surface area contributed by atoms with Crippen molar-refractivity contribution in [1.29, 1.82) is 0 Å². The molecule has 0 aromatic heterocycles. The minimum Gasteiger partial charge on any atom is -0.219 e.